The van der Waals surface area contributed by atoms with E-state index in [2.05, 4.69) is 10.3 Å². The Bertz CT molecular complexity index is 751. The van der Waals surface area contributed by atoms with Gasteiger partial charge in [0.1, 0.15) is 11.2 Å². The van der Waals surface area contributed by atoms with Gasteiger partial charge in [-0.1, -0.05) is 17.7 Å². The van der Waals surface area contributed by atoms with Gasteiger partial charge in [0, 0.05) is 18.2 Å². The highest BCUT2D eigenvalue weighted by Crippen LogP contribution is 2.09. The van der Waals surface area contributed by atoms with Crippen LogP contribution in [-0.4, -0.2) is 22.8 Å². The molecule has 0 aliphatic carbocycles. The largest absolute Gasteiger partial charge is 0.368 e. The van der Waals surface area contributed by atoms with E-state index in [1.807, 2.05) is 6.07 Å². The number of hydrogen-bond donors (Lipinski definition) is 2. The first-order chi connectivity index (χ1) is 11.0. The van der Waals surface area contributed by atoms with Crippen molar-refractivity contribution < 1.29 is 9.59 Å². The number of amides is 2. The zero-order valence-electron chi connectivity index (χ0n) is 12.0. The van der Waals surface area contributed by atoms with Gasteiger partial charge >= 0.3 is 0 Å². The standard InChI is InChI=1S/C16H13ClN4O2/c17-14-6-3-11(9-20-14)7-13(15(19)22)21-16(23)12-4-1-10(8-18)2-5-12/h1-6,9,13H,7H2,(H2,19,22)(H,21,23)/t13-/m0/s1. The van der Waals surface area contributed by atoms with E-state index in [4.69, 9.17) is 22.6 Å². The third-order valence-corrected chi connectivity index (χ3v) is 3.38. The first kappa shape index (κ1) is 16.5. The maximum Gasteiger partial charge on any atom is 0.251 e. The van der Waals surface area contributed by atoms with Crippen LogP contribution < -0.4 is 11.1 Å². The quantitative estimate of drug-likeness (QED) is 0.809. The molecule has 0 aliphatic rings. The van der Waals surface area contributed by atoms with E-state index < -0.39 is 17.9 Å². The van der Waals surface area contributed by atoms with Gasteiger partial charge in [0.2, 0.25) is 5.91 Å². The van der Waals surface area contributed by atoms with Crippen molar-refractivity contribution in [2.24, 2.45) is 5.73 Å². The molecule has 0 bridgehead atoms. The molecule has 7 heteroatoms. The highest BCUT2D eigenvalue weighted by atomic mass is 35.5. The molecule has 23 heavy (non-hydrogen) atoms. The number of nitrogens with zero attached hydrogens (tertiary/aromatic N) is 2. The molecule has 1 aromatic carbocycles. The molecular formula is C16H13ClN4O2. The van der Waals surface area contributed by atoms with E-state index in [-0.39, 0.29) is 6.42 Å². The molecule has 0 radical (unpaired) electrons. The summed E-state index contributed by atoms with van der Waals surface area (Å²) in [7, 11) is 0. The highest BCUT2D eigenvalue weighted by Gasteiger charge is 2.19. The number of nitrogens with two attached hydrogens (primary N) is 1. The maximum absolute atomic E-state index is 12.2. The van der Waals surface area contributed by atoms with Crippen molar-refractivity contribution >= 4 is 23.4 Å². The topological polar surface area (TPSA) is 109 Å². The predicted octanol–water partition coefficient (Wildman–Crippen LogP) is 1.43. The number of pyridine rings is 1. The lowest BCUT2D eigenvalue weighted by Gasteiger charge is -2.15. The van der Waals surface area contributed by atoms with Gasteiger partial charge in [-0.25, -0.2) is 4.98 Å². The second-order valence-corrected chi connectivity index (χ2v) is 5.20. The van der Waals surface area contributed by atoms with E-state index in [0.717, 1.165) is 5.56 Å². The summed E-state index contributed by atoms with van der Waals surface area (Å²) in [6.45, 7) is 0. The number of nitrogens with one attached hydrogen (secondary N) is 1. The van der Waals surface area contributed by atoms with Crippen molar-refractivity contribution in [1.82, 2.24) is 10.3 Å². The molecule has 2 amide bonds. The Morgan fingerprint density at radius 3 is 2.48 bits per heavy atom. The summed E-state index contributed by atoms with van der Waals surface area (Å²) in [5.41, 5.74) is 6.85. The molecule has 0 fully saturated rings. The van der Waals surface area contributed by atoms with Crippen LogP contribution in [0.4, 0.5) is 0 Å². The number of halogens is 1. The molecule has 6 nitrogen and oxygen atoms in total. The van der Waals surface area contributed by atoms with Crippen molar-refractivity contribution in [3.63, 3.8) is 0 Å². The number of aromatic nitrogens is 1. The van der Waals surface area contributed by atoms with Crippen molar-refractivity contribution in [3.05, 3.63) is 64.4 Å². The summed E-state index contributed by atoms with van der Waals surface area (Å²) in [6, 6.07) is 10.5. The lowest BCUT2D eigenvalue weighted by molar-refractivity contribution is -0.119. The van der Waals surface area contributed by atoms with Crippen LogP contribution in [0.5, 0.6) is 0 Å². The number of carbonyl (C=O) groups is 2. The van der Waals surface area contributed by atoms with Crippen molar-refractivity contribution in [3.8, 4) is 6.07 Å². The Balaban J connectivity index is 2.09. The smallest absolute Gasteiger partial charge is 0.251 e. The van der Waals surface area contributed by atoms with E-state index >= 15 is 0 Å². The predicted molar refractivity (Wildman–Crippen MR) is 84.6 cm³/mol. The Labute approximate surface area is 137 Å². The minimum atomic E-state index is -0.874. The summed E-state index contributed by atoms with van der Waals surface area (Å²) < 4.78 is 0. The number of primary amides is 1. The van der Waals surface area contributed by atoms with Crippen LogP contribution in [0.3, 0.4) is 0 Å². The SMILES string of the molecule is N#Cc1ccc(C(=O)N[C@@H](Cc2ccc(Cl)nc2)C(N)=O)cc1. The normalized spacial score (nSPS) is 11.3. The first-order valence-electron chi connectivity index (χ1n) is 6.70. The van der Waals surface area contributed by atoms with Gasteiger partial charge in [0.05, 0.1) is 11.6 Å². The van der Waals surface area contributed by atoms with Crippen LogP contribution >= 0.6 is 11.6 Å². The third-order valence-electron chi connectivity index (χ3n) is 3.15. The van der Waals surface area contributed by atoms with Crippen molar-refractivity contribution in [2.75, 3.05) is 0 Å². The summed E-state index contributed by atoms with van der Waals surface area (Å²) in [4.78, 5) is 27.6. The second-order valence-electron chi connectivity index (χ2n) is 4.81. The lowest BCUT2D eigenvalue weighted by atomic mass is 10.1. The van der Waals surface area contributed by atoms with Crippen LogP contribution in [0, 0.1) is 11.3 Å². The number of carbonyl (C=O) groups excluding carboxylic acids is 2. The molecule has 0 saturated carbocycles. The molecule has 3 N–H and O–H groups in total. The molecule has 2 aromatic rings. The Morgan fingerprint density at radius 1 is 1.26 bits per heavy atom. The van der Waals surface area contributed by atoms with Gasteiger partial charge in [-0.3, -0.25) is 9.59 Å². The van der Waals surface area contributed by atoms with Crippen molar-refractivity contribution in [2.45, 2.75) is 12.5 Å². The number of nitriles is 1. The van der Waals surface area contributed by atoms with Gasteiger partial charge < -0.3 is 11.1 Å². The molecule has 1 atom stereocenters. The van der Waals surface area contributed by atoms with Gasteiger partial charge in [0.25, 0.3) is 5.91 Å². The second kappa shape index (κ2) is 7.38. The summed E-state index contributed by atoms with van der Waals surface area (Å²) in [5, 5.41) is 11.7. The van der Waals surface area contributed by atoms with E-state index in [9.17, 15) is 9.59 Å². The molecular weight excluding hydrogens is 316 g/mol. The highest BCUT2D eigenvalue weighted by molar-refractivity contribution is 6.29. The molecule has 0 unspecified atom stereocenters. The molecule has 116 valence electrons. The number of hydrogen-bond acceptors (Lipinski definition) is 4. The molecule has 1 heterocycles. The Morgan fingerprint density at radius 2 is 1.96 bits per heavy atom. The molecule has 0 spiro atoms. The lowest BCUT2D eigenvalue weighted by Crippen LogP contribution is -2.45. The minimum absolute atomic E-state index is 0.210. The average molecular weight is 329 g/mol. The Kier molecular flexibility index (Phi) is 5.28. The van der Waals surface area contributed by atoms with Crippen LogP contribution in [0.1, 0.15) is 21.5 Å². The van der Waals surface area contributed by atoms with E-state index in [1.165, 1.54) is 30.5 Å². The summed E-state index contributed by atoms with van der Waals surface area (Å²) in [6.07, 6.45) is 1.73. The van der Waals surface area contributed by atoms with Gasteiger partial charge in [-0.15, -0.1) is 0 Å². The molecule has 0 saturated heterocycles. The van der Waals surface area contributed by atoms with Gasteiger partial charge in [-0.05, 0) is 35.9 Å². The van der Waals surface area contributed by atoms with E-state index in [1.54, 1.807) is 12.1 Å². The van der Waals surface area contributed by atoms with Crippen molar-refractivity contribution in [1.29, 1.82) is 5.26 Å². The average Bonchev–Trinajstić information content (AvgIpc) is 2.56. The molecule has 1 aromatic heterocycles. The van der Waals surface area contributed by atoms with Crippen LogP contribution in [0.25, 0.3) is 0 Å². The fourth-order valence-corrected chi connectivity index (χ4v) is 2.04. The monoisotopic (exact) mass is 328 g/mol. The maximum atomic E-state index is 12.2. The van der Waals surface area contributed by atoms with Crippen LogP contribution in [-0.2, 0) is 11.2 Å². The van der Waals surface area contributed by atoms with Crippen LogP contribution in [0.2, 0.25) is 5.15 Å². The summed E-state index contributed by atoms with van der Waals surface area (Å²) >= 11 is 5.70. The van der Waals surface area contributed by atoms with Crippen LogP contribution in [0.15, 0.2) is 42.6 Å². The molecule has 0 aliphatic heterocycles. The molecule has 2 rings (SSSR count). The minimum Gasteiger partial charge on any atom is -0.368 e. The van der Waals surface area contributed by atoms with Gasteiger partial charge in [0.15, 0.2) is 0 Å². The Hall–Kier alpha value is -2.91. The fraction of sp³-hybridized carbons (Fsp3) is 0.125. The number of benzene rings is 1. The zero-order valence-corrected chi connectivity index (χ0v) is 12.7. The number of rotatable bonds is 5. The van der Waals surface area contributed by atoms with E-state index in [0.29, 0.717) is 16.3 Å². The fourth-order valence-electron chi connectivity index (χ4n) is 1.92. The zero-order chi connectivity index (χ0) is 16.8. The first-order valence-corrected chi connectivity index (χ1v) is 7.08. The summed E-state index contributed by atoms with van der Waals surface area (Å²) in [5.74, 6) is -1.10. The third kappa shape index (κ3) is 4.53. The van der Waals surface area contributed by atoms with Gasteiger partial charge in [-0.2, -0.15) is 5.26 Å².